The van der Waals surface area contributed by atoms with E-state index in [2.05, 4.69) is 0 Å². The first kappa shape index (κ1) is 12.1. The van der Waals surface area contributed by atoms with Gasteiger partial charge in [0, 0.05) is 19.1 Å². The lowest BCUT2D eigenvalue weighted by Gasteiger charge is -2.29. The highest BCUT2D eigenvalue weighted by atomic mass is 16.2. The molecule has 1 saturated heterocycles. The average Bonchev–Trinajstić information content (AvgIpc) is 2.76. The van der Waals surface area contributed by atoms with Gasteiger partial charge in [0.2, 0.25) is 5.91 Å². The zero-order valence-corrected chi connectivity index (χ0v) is 10.5. The minimum atomic E-state index is -0.467. The van der Waals surface area contributed by atoms with Gasteiger partial charge >= 0.3 is 0 Å². The Hall–Kier alpha value is -1.35. The third kappa shape index (κ3) is 2.34. The lowest BCUT2D eigenvalue weighted by atomic mass is 9.83. The van der Waals surface area contributed by atoms with Crippen LogP contribution in [0.5, 0.6) is 0 Å². The van der Waals surface area contributed by atoms with Gasteiger partial charge in [-0.2, -0.15) is 0 Å². The van der Waals surface area contributed by atoms with Crippen LogP contribution in [-0.4, -0.2) is 29.9 Å². The summed E-state index contributed by atoms with van der Waals surface area (Å²) in [6.07, 6.45) is 0.913. The lowest BCUT2D eigenvalue weighted by molar-refractivity contribution is -0.135. The Morgan fingerprint density at radius 3 is 2.53 bits per heavy atom. The molecule has 2 N–H and O–H groups in total. The number of hydrogen-bond acceptors (Lipinski definition) is 2. The zero-order valence-electron chi connectivity index (χ0n) is 10.5. The van der Waals surface area contributed by atoms with E-state index in [0.717, 1.165) is 18.5 Å². The van der Waals surface area contributed by atoms with E-state index in [4.69, 9.17) is 5.73 Å². The lowest BCUT2D eigenvalue weighted by Crippen LogP contribution is -2.43. The molecular weight excluding hydrogens is 212 g/mol. The van der Waals surface area contributed by atoms with Gasteiger partial charge in [-0.15, -0.1) is 0 Å². The van der Waals surface area contributed by atoms with Crippen LogP contribution < -0.4 is 5.73 Å². The SMILES string of the molecule is CC(C)(C(=O)N1CC[C@@H](N)C1)c1ccccc1. The Labute approximate surface area is 103 Å². The van der Waals surface area contributed by atoms with Crippen LogP contribution in [0.25, 0.3) is 0 Å². The Balaban J connectivity index is 2.18. The Bertz CT molecular complexity index is 400. The molecule has 1 amide bonds. The molecule has 1 atom stereocenters. The number of hydrogen-bond donors (Lipinski definition) is 1. The Morgan fingerprint density at radius 2 is 2.00 bits per heavy atom. The van der Waals surface area contributed by atoms with Crippen LogP contribution in [0.4, 0.5) is 0 Å². The fourth-order valence-corrected chi connectivity index (χ4v) is 2.35. The topological polar surface area (TPSA) is 46.3 Å². The normalized spacial score (nSPS) is 20.6. The predicted octanol–water partition coefficient (Wildman–Crippen LogP) is 1.52. The molecule has 1 aliphatic heterocycles. The quantitative estimate of drug-likeness (QED) is 0.840. The Kier molecular flexibility index (Phi) is 3.20. The van der Waals surface area contributed by atoms with Crippen molar-refractivity contribution in [2.75, 3.05) is 13.1 Å². The van der Waals surface area contributed by atoms with E-state index in [0.29, 0.717) is 6.54 Å². The van der Waals surface area contributed by atoms with Crippen molar-refractivity contribution in [2.24, 2.45) is 5.73 Å². The highest BCUT2D eigenvalue weighted by Gasteiger charge is 2.36. The first-order valence-electron chi connectivity index (χ1n) is 6.12. The molecule has 0 unspecified atom stereocenters. The van der Waals surface area contributed by atoms with Crippen LogP contribution in [0.2, 0.25) is 0 Å². The standard InChI is InChI=1S/C14H20N2O/c1-14(2,11-6-4-3-5-7-11)13(17)16-9-8-12(15)10-16/h3-7,12H,8-10,15H2,1-2H3/t12-/m1/s1. The molecule has 1 fully saturated rings. The van der Waals surface area contributed by atoms with Gasteiger partial charge in [-0.05, 0) is 25.8 Å². The highest BCUT2D eigenvalue weighted by molar-refractivity contribution is 5.87. The van der Waals surface area contributed by atoms with Crippen molar-refractivity contribution < 1.29 is 4.79 Å². The minimum Gasteiger partial charge on any atom is -0.340 e. The second kappa shape index (κ2) is 4.49. The third-order valence-corrected chi connectivity index (χ3v) is 3.54. The van der Waals surface area contributed by atoms with Gasteiger partial charge in [-0.25, -0.2) is 0 Å². The van der Waals surface area contributed by atoms with Gasteiger partial charge in [0.05, 0.1) is 5.41 Å². The minimum absolute atomic E-state index is 0.144. The number of nitrogens with zero attached hydrogens (tertiary/aromatic N) is 1. The summed E-state index contributed by atoms with van der Waals surface area (Å²) >= 11 is 0. The number of likely N-dealkylation sites (tertiary alicyclic amines) is 1. The summed E-state index contributed by atoms with van der Waals surface area (Å²) in [6, 6.07) is 10.1. The van der Waals surface area contributed by atoms with Crippen molar-refractivity contribution in [3.63, 3.8) is 0 Å². The first-order valence-corrected chi connectivity index (χ1v) is 6.12. The molecule has 0 aromatic heterocycles. The van der Waals surface area contributed by atoms with E-state index in [1.807, 2.05) is 49.1 Å². The molecule has 0 radical (unpaired) electrons. The molecule has 0 spiro atoms. The van der Waals surface area contributed by atoms with Crippen molar-refractivity contribution >= 4 is 5.91 Å². The monoisotopic (exact) mass is 232 g/mol. The molecule has 3 nitrogen and oxygen atoms in total. The summed E-state index contributed by atoms with van der Waals surface area (Å²) in [7, 11) is 0. The van der Waals surface area contributed by atoms with Crippen LogP contribution in [0.15, 0.2) is 30.3 Å². The molecule has 1 aromatic rings. The van der Waals surface area contributed by atoms with Crippen LogP contribution in [-0.2, 0) is 10.2 Å². The highest BCUT2D eigenvalue weighted by Crippen LogP contribution is 2.27. The first-order chi connectivity index (χ1) is 8.01. The average molecular weight is 232 g/mol. The van der Waals surface area contributed by atoms with Crippen LogP contribution in [0, 0.1) is 0 Å². The molecule has 0 saturated carbocycles. The summed E-state index contributed by atoms with van der Waals surface area (Å²) in [6.45, 7) is 5.44. The fraction of sp³-hybridized carbons (Fsp3) is 0.500. The van der Waals surface area contributed by atoms with Gasteiger partial charge in [0.15, 0.2) is 0 Å². The van der Waals surface area contributed by atoms with Crippen LogP contribution >= 0.6 is 0 Å². The number of amides is 1. The van der Waals surface area contributed by atoms with Gasteiger partial charge in [0.25, 0.3) is 0 Å². The van der Waals surface area contributed by atoms with E-state index >= 15 is 0 Å². The Morgan fingerprint density at radius 1 is 1.35 bits per heavy atom. The number of carbonyl (C=O) groups excluding carboxylic acids is 1. The third-order valence-electron chi connectivity index (χ3n) is 3.54. The smallest absolute Gasteiger partial charge is 0.232 e. The van der Waals surface area contributed by atoms with Gasteiger partial charge in [-0.3, -0.25) is 4.79 Å². The van der Waals surface area contributed by atoms with Crippen molar-refractivity contribution in [3.05, 3.63) is 35.9 Å². The van der Waals surface area contributed by atoms with E-state index in [9.17, 15) is 4.79 Å². The number of nitrogens with two attached hydrogens (primary N) is 1. The van der Waals surface area contributed by atoms with Crippen LogP contribution in [0.1, 0.15) is 25.8 Å². The number of benzene rings is 1. The van der Waals surface area contributed by atoms with E-state index in [1.165, 1.54) is 0 Å². The molecule has 92 valence electrons. The molecular formula is C14H20N2O. The molecule has 1 aromatic carbocycles. The molecule has 2 rings (SSSR count). The molecule has 17 heavy (non-hydrogen) atoms. The number of carbonyl (C=O) groups is 1. The van der Waals surface area contributed by atoms with Crippen molar-refractivity contribution in [3.8, 4) is 0 Å². The van der Waals surface area contributed by atoms with Gasteiger partial charge in [0.1, 0.15) is 0 Å². The zero-order chi connectivity index (χ0) is 12.5. The molecule has 1 aliphatic rings. The molecule has 1 heterocycles. The van der Waals surface area contributed by atoms with Crippen molar-refractivity contribution in [1.82, 2.24) is 4.90 Å². The van der Waals surface area contributed by atoms with Crippen LogP contribution in [0.3, 0.4) is 0 Å². The van der Waals surface area contributed by atoms with Gasteiger partial charge in [-0.1, -0.05) is 30.3 Å². The van der Waals surface area contributed by atoms with Gasteiger partial charge < -0.3 is 10.6 Å². The summed E-state index contributed by atoms with van der Waals surface area (Å²) in [4.78, 5) is 14.4. The molecule has 0 aliphatic carbocycles. The van der Waals surface area contributed by atoms with Crippen molar-refractivity contribution in [1.29, 1.82) is 0 Å². The summed E-state index contributed by atoms with van der Waals surface area (Å²) < 4.78 is 0. The second-order valence-electron chi connectivity index (χ2n) is 5.29. The largest absolute Gasteiger partial charge is 0.340 e. The predicted molar refractivity (Wildman–Crippen MR) is 68.6 cm³/mol. The summed E-state index contributed by atoms with van der Waals surface area (Å²) in [5.74, 6) is 0.177. The molecule has 3 heteroatoms. The van der Waals surface area contributed by atoms with E-state index in [1.54, 1.807) is 0 Å². The van der Waals surface area contributed by atoms with E-state index in [-0.39, 0.29) is 11.9 Å². The molecule has 0 bridgehead atoms. The summed E-state index contributed by atoms with van der Waals surface area (Å²) in [5.41, 5.74) is 6.44. The maximum absolute atomic E-state index is 12.5. The summed E-state index contributed by atoms with van der Waals surface area (Å²) in [5, 5.41) is 0. The number of rotatable bonds is 2. The van der Waals surface area contributed by atoms with E-state index < -0.39 is 5.41 Å². The van der Waals surface area contributed by atoms with Crippen molar-refractivity contribution in [2.45, 2.75) is 31.7 Å². The maximum Gasteiger partial charge on any atom is 0.232 e. The second-order valence-corrected chi connectivity index (χ2v) is 5.29. The fourth-order valence-electron chi connectivity index (χ4n) is 2.35. The maximum atomic E-state index is 12.5.